The van der Waals surface area contributed by atoms with Gasteiger partial charge in [-0.2, -0.15) is 5.10 Å². The Balaban J connectivity index is 1.11. The number of hydrogen-bond donors (Lipinski definition) is 2. The van der Waals surface area contributed by atoms with Crippen molar-refractivity contribution in [3.63, 3.8) is 0 Å². The summed E-state index contributed by atoms with van der Waals surface area (Å²) in [6.45, 7) is 18.4. The van der Waals surface area contributed by atoms with Crippen molar-refractivity contribution in [1.82, 2.24) is 29.5 Å². The molecule has 5 aromatic rings. The Morgan fingerprint density at radius 3 is 2.33 bits per heavy atom. The molecule has 3 aliphatic heterocycles. The molecular formula is C48H54ClN7O8. The Hall–Kier alpha value is -6.03. The van der Waals surface area contributed by atoms with Crippen LogP contribution in [-0.2, 0) is 32.2 Å². The molecule has 0 bridgehead atoms. The smallest absolute Gasteiger partial charge is 0.359 e. The first-order chi connectivity index (χ1) is 30.5. The van der Waals surface area contributed by atoms with Crippen LogP contribution in [0.5, 0.6) is 11.5 Å². The number of imide groups is 2. The summed E-state index contributed by atoms with van der Waals surface area (Å²) in [5.74, 6) is -1.73. The van der Waals surface area contributed by atoms with Crippen LogP contribution in [0.1, 0.15) is 93.8 Å². The van der Waals surface area contributed by atoms with E-state index in [9.17, 15) is 24.0 Å². The zero-order chi connectivity index (χ0) is 45.6. The van der Waals surface area contributed by atoms with Crippen molar-refractivity contribution in [3.8, 4) is 22.6 Å². The molecule has 0 spiro atoms. The van der Waals surface area contributed by atoms with Crippen LogP contribution in [0.3, 0.4) is 0 Å². The molecule has 64 heavy (non-hydrogen) atoms. The highest BCUT2D eigenvalue weighted by Gasteiger charge is 2.45. The molecule has 8 rings (SSSR count). The number of aromatic nitrogens is 3. The average molecular weight is 892 g/mol. The van der Waals surface area contributed by atoms with Gasteiger partial charge in [-0.05, 0) is 103 Å². The number of nitrogens with one attached hydrogen (secondary N) is 2. The van der Waals surface area contributed by atoms with Gasteiger partial charge in [-0.25, -0.2) is 4.79 Å². The van der Waals surface area contributed by atoms with E-state index in [4.69, 9.17) is 30.9 Å². The molecule has 0 aliphatic carbocycles. The van der Waals surface area contributed by atoms with Gasteiger partial charge in [0.15, 0.2) is 11.4 Å². The fourth-order valence-corrected chi connectivity index (χ4v) is 9.11. The lowest BCUT2D eigenvalue weighted by Crippen LogP contribution is -2.54. The summed E-state index contributed by atoms with van der Waals surface area (Å²) in [7, 11) is 0. The molecule has 2 N–H and O–H groups in total. The van der Waals surface area contributed by atoms with Gasteiger partial charge in [0, 0.05) is 78.6 Å². The van der Waals surface area contributed by atoms with Gasteiger partial charge in [-0.15, -0.1) is 0 Å². The van der Waals surface area contributed by atoms with Crippen molar-refractivity contribution < 1.29 is 38.2 Å². The summed E-state index contributed by atoms with van der Waals surface area (Å²) in [6, 6.07) is 13.7. The number of anilines is 1. The number of benzene rings is 3. The third-order valence-corrected chi connectivity index (χ3v) is 12.6. The number of carbonyl (C=O) groups excluding carboxylic acids is 5. The maximum Gasteiger partial charge on any atom is 0.359 e. The molecule has 3 aromatic carbocycles. The number of piperidine rings is 1. The molecule has 0 radical (unpaired) electrons. The zero-order valence-corrected chi connectivity index (χ0v) is 38.1. The first kappa shape index (κ1) is 44.6. The molecule has 0 saturated carbocycles. The molecule has 1 unspecified atom stereocenters. The fourth-order valence-electron chi connectivity index (χ4n) is 9.01. The largest absolute Gasteiger partial charge is 0.455 e. The molecule has 1 atom stereocenters. The van der Waals surface area contributed by atoms with Crippen LogP contribution in [0.15, 0.2) is 48.5 Å². The van der Waals surface area contributed by atoms with Crippen molar-refractivity contribution in [2.45, 2.75) is 92.5 Å². The summed E-state index contributed by atoms with van der Waals surface area (Å²) < 4.78 is 22.5. The maximum atomic E-state index is 14.5. The summed E-state index contributed by atoms with van der Waals surface area (Å²) in [6.07, 6.45) is 0.748. The first-order valence-electron chi connectivity index (χ1n) is 21.8. The number of morpholine rings is 1. The van der Waals surface area contributed by atoms with Crippen LogP contribution in [-0.4, -0.2) is 105 Å². The van der Waals surface area contributed by atoms with Crippen molar-refractivity contribution >= 4 is 57.8 Å². The van der Waals surface area contributed by atoms with Crippen molar-refractivity contribution in [3.05, 3.63) is 92.9 Å². The number of ether oxygens (including phenoxy) is 3. The minimum absolute atomic E-state index is 0.0478. The average Bonchev–Trinajstić information content (AvgIpc) is 3.81. The monoisotopic (exact) mass is 891 g/mol. The second-order valence-electron chi connectivity index (χ2n) is 17.7. The lowest BCUT2D eigenvalue weighted by Gasteiger charge is -2.27. The lowest BCUT2D eigenvalue weighted by atomic mass is 10.0. The van der Waals surface area contributed by atoms with Crippen LogP contribution in [0.4, 0.5) is 5.69 Å². The number of carbonyl (C=O) groups is 5. The quantitative estimate of drug-likeness (QED) is 0.0689. The summed E-state index contributed by atoms with van der Waals surface area (Å²) >= 11 is 6.57. The molecule has 4 amide bonds. The number of halogens is 1. The third-order valence-electron chi connectivity index (χ3n) is 12.0. The van der Waals surface area contributed by atoms with E-state index in [2.05, 4.69) is 21.6 Å². The van der Waals surface area contributed by atoms with Gasteiger partial charge in [-0.3, -0.25) is 39.0 Å². The Morgan fingerprint density at radius 1 is 0.922 bits per heavy atom. The number of aryl methyl sites for hydroxylation is 4. The fraction of sp³-hybridized carbons (Fsp3) is 0.417. The first-order valence-corrected chi connectivity index (χ1v) is 22.2. The molecule has 5 heterocycles. The van der Waals surface area contributed by atoms with Crippen molar-refractivity contribution in [1.29, 1.82) is 0 Å². The van der Waals surface area contributed by atoms with Gasteiger partial charge >= 0.3 is 5.97 Å². The molecule has 336 valence electrons. The molecule has 2 fully saturated rings. The second-order valence-corrected chi connectivity index (χ2v) is 18.1. The minimum atomic E-state index is -1.04. The Morgan fingerprint density at radius 2 is 1.62 bits per heavy atom. The predicted molar refractivity (Wildman–Crippen MR) is 242 cm³/mol. The summed E-state index contributed by atoms with van der Waals surface area (Å²) in [5.41, 5.74) is 6.56. The van der Waals surface area contributed by atoms with Gasteiger partial charge in [0.2, 0.25) is 11.8 Å². The number of nitrogens with zero attached hydrogens (tertiary/aromatic N) is 5. The van der Waals surface area contributed by atoms with E-state index in [1.165, 1.54) is 0 Å². The van der Waals surface area contributed by atoms with E-state index >= 15 is 0 Å². The predicted octanol–water partition coefficient (Wildman–Crippen LogP) is 7.38. The van der Waals surface area contributed by atoms with Crippen molar-refractivity contribution in [2.75, 3.05) is 44.7 Å². The van der Waals surface area contributed by atoms with Crippen LogP contribution in [0.25, 0.3) is 22.0 Å². The zero-order valence-electron chi connectivity index (χ0n) is 37.4. The Labute approximate surface area is 376 Å². The molecule has 2 saturated heterocycles. The molecular weight excluding hydrogens is 838 g/mol. The number of fused-ring (bicyclic) bond motifs is 2. The van der Waals surface area contributed by atoms with E-state index in [0.29, 0.717) is 73.7 Å². The van der Waals surface area contributed by atoms with Crippen LogP contribution >= 0.6 is 11.6 Å². The number of esters is 1. The summed E-state index contributed by atoms with van der Waals surface area (Å²) in [5, 5.41) is 12.0. The summed E-state index contributed by atoms with van der Waals surface area (Å²) in [4.78, 5) is 69.2. The van der Waals surface area contributed by atoms with E-state index in [-0.39, 0.29) is 24.0 Å². The molecule has 3 aliphatic rings. The molecule has 15 nitrogen and oxygen atoms in total. The Kier molecular flexibility index (Phi) is 12.4. The minimum Gasteiger partial charge on any atom is -0.455 e. The van der Waals surface area contributed by atoms with Gasteiger partial charge in [0.1, 0.15) is 17.4 Å². The van der Waals surface area contributed by atoms with Crippen LogP contribution in [0.2, 0.25) is 5.02 Å². The highest BCUT2D eigenvalue weighted by Crippen LogP contribution is 2.44. The molecule has 16 heteroatoms. The lowest BCUT2D eigenvalue weighted by molar-refractivity contribution is -0.136. The third kappa shape index (κ3) is 8.63. The van der Waals surface area contributed by atoms with Gasteiger partial charge in [0.05, 0.1) is 35.6 Å². The number of para-hydroxylation sites is 1. The van der Waals surface area contributed by atoms with Crippen LogP contribution in [0, 0.1) is 27.7 Å². The SMILES string of the molecule is Cc1cc(Oc2c(C(=O)OC(C)(C)C)n(CCN3CCOCC3)c3c(-c4c(C)nn(CCCNc5cccc6c5C(=O)N(C5CCC(=O)NC5=O)C6=O)c4C)cccc23)cc(C)c1Cl. The maximum absolute atomic E-state index is 14.5. The number of hydrogen-bond acceptors (Lipinski definition) is 11. The van der Waals surface area contributed by atoms with E-state index in [0.717, 1.165) is 62.5 Å². The van der Waals surface area contributed by atoms with E-state index in [1.807, 2.05) is 82.0 Å². The highest BCUT2D eigenvalue weighted by molar-refractivity contribution is 6.32. The highest BCUT2D eigenvalue weighted by atomic mass is 35.5. The van der Waals surface area contributed by atoms with E-state index < -0.39 is 41.2 Å². The van der Waals surface area contributed by atoms with E-state index in [1.54, 1.807) is 18.2 Å². The topological polar surface area (TPSA) is 166 Å². The van der Waals surface area contributed by atoms with Gasteiger partial charge in [-0.1, -0.05) is 29.8 Å². The van der Waals surface area contributed by atoms with Gasteiger partial charge < -0.3 is 24.1 Å². The standard InChI is InChI=1S/C48H54ClN7O8/c1-27-25-31(26-28(2)40(27)49)63-43-34-13-8-11-32(41(34)54(20-19-53-21-23-62-24-22-53)42(43)47(61)64-48(5,6)7)38-29(3)52-55(30(38)4)18-10-17-50-35-14-9-12-33-39(35)46(60)56(45(33)59)36-15-16-37(57)51-44(36)58/h8-9,11-14,25-26,36,50H,10,15-24H2,1-7H3,(H,51,57,58). The van der Waals surface area contributed by atoms with Crippen molar-refractivity contribution in [2.24, 2.45) is 0 Å². The normalized spacial score (nSPS) is 17.0. The Bertz CT molecular complexity index is 2680. The molecule has 2 aromatic heterocycles. The second kappa shape index (κ2) is 17.9. The van der Waals surface area contributed by atoms with Gasteiger partial charge in [0.25, 0.3) is 11.8 Å². The number of amides is 4. The van der Waals surface area contributed by atoms with Crippen LogP contribution < -0.4 is 15.4 Å². The number of rotatable bonds is 13.